The highest BCUT2D eigenvalue weighted by Gasteiger charge is 2.12. The average Bonchev–Trinajstić information content (AvgIpc) is 2.73. The zero-order valence-corrected chi connectivity index (χ0v) is 20.8. The molecule has 0 radical (unpaired) electrons. The summed E-state index contributed by atoms with van der Waals surface area (Å²) in [7, 11) is -1.83. The molecule has 0 atom stereocenters. The van der Waals surface area contributed by atoms with Crippen molar-refractivity contribution in [2.45, 2.75) is 31.7 Å². The number of sulfonamides is 1. The molecule has 0 saturated carbocycles. The summed E-state index contributed by atoms with van der Waals surface area (Å²) in [6.07, 6.45) is 0.947. The monoisotopic (exact) mass is 546 g/mol. The van der Waals surface area contributed by atoms with Gasteiger partial charge in [-0.15, -0.1) is 24.0 Å². The van der Waals surface area contributed by atoms with Gasteiger partial charge in [0.1, 0.15) is 5.75 Å². The molecule has 0 aromatic heterocycles. The van der Waals surface area contributed by atoms with Gasteiger partial charge in [0.2, 0.25) is 10.0 Å². The second-order valence-electron chi connectivity index (χ2n) is 6.52. The van der Waals surface area contributed by atoms with E-state index >= 15 is 0 Å². The molecular formula is C21H31IN4O3S. The molecule has 7 nitrogen and oxygen atoms in total. The van der Waals surface area contributed by atoms with Crippen LogP contribution in [0.15, 0.2) is 58.4 Å². The molecule has 30 heavy (non-hydrogen) atoms. The van der Waals surface area contributed by atoms with Crippen molar-refractivity contribution in [1.82, 2.24) is 15.4 Å². The third kappa shape index (κ3) is 8.49. The maximum atomic E-state index is 12.2. The summed E-state index contributed by atoms with van der Waals surface area (Å²) in [5, 5.41) is 6.34. The van der Waals surface area contributed by atoms with Crippen LogP contribution in [0.2, 0.25) is 0 Å². The number of ether oxygens (including phenoxy) is 1. The van der Waals surface area contributed by atoms with Gasteiger partial charge in [-0.05, 0) is 37.1 Å². The summed E-state index contributed by atoms with van der Waals surface area (Å²) < 4.78 is 32.8. The van der Waals surface area contributed by atoms with E-state index in [1.807, 2.05) is 25.1 Å². The molecular weight excluding hydrogens is 515 g/mol. The lowest BCUT2D eigenvalue weighted by atomic mass is 10.1. The van der Waals surface area contributed by atoms with Crippen molar-refractivity contribution in [1.29, 1.82) is 0 Å². The highest BCUT2D eigenvalue weighted by atomic mass is 127. The number of aryl methyl sites for hydroxylation is 1. The van der Waals surface area contributed by atoms with Crippen LogP contribution >= 0.6 is 24.0 Å². The molecule has 0 unspecified atom stereocenters. The van der Waals surface area contributed by atoms with Crippen LogP contribution in [-0.4, -0.2) is 41.1 Å². The molecule has 2 aromatic carbocycles. The van der Waals surface area contributed by atoms with Gasteiger partial charge in [0, 0.05) is 32.2 Å². The third-order valence-corrected chi connectivity index (χ3v) is 5.59. The Labute approximate surface area is 196 Å². The fourth-order valence-electron chi connectivity index (χ4n) is 2.60. The molecule has 0 saturated heterocycles. The van der Waals surface area contributed by atoms with Gasteiger partial charge in [-0.3, -0.25) is 4.99 Å². The molecule has 166 valence electrons. The van der Waals surface area contributed by atoms with Crippen molar-refractivity contribution in [3.05, 3.63) is 59.7 Å². The quantitative estimate of drug-likeness (QED) is 0.185. The van der Waals surface area contributed by atoms with E-state index in [9.17, 15) is 8.42 Å². The molecule has 2 aromatic rings. The average molecular weight is 546 g/mol. The normalized spacial score (nSPS) is 11.5. The number of hydrogen-bond acceptors (Lipinski definition) is 4. The molecule has 0 fully saturated rings. The minimum Gasteiger partial charge on any atom is -0.493 e. The first-order valence-electron chi connectivity index (χ1n) is 9.68. The number of halogens is 1. The summed E-state index contributed by atoms with van der Waals surface area (Å²) >= 11 is 0. The predicted molar refractivity (Wildman–Crippen MR) is 132 cm³/mol. The number of aliphatic imine (C=N–C) groups is 1. The minimum absolute atomic E-state index is 0. The van der Waals surface area contributed by atoms with E-state index in [1.165, 1.54) is 0 Å². The second kappa shape index (κ2) is 13.5. The summed E-state index contributed by atoms with van der Waals surface area (Å²) in [5.41, 5.74) is 2.19. The van der Waals surface area contributed by atoms with E-state index in [0.29, 0.717) is 25.7 Å². The highest BCUT2D eigenvalue weighted by Crippen LogP contribution is 2.20. The first-order chi connectivity index (χ1) is 14.0. The molecule has 0 bridgehead atoms. The van der Waals surface area contributed by atoms with E-state index in [1.54, 1.807) is 37.4 Å². The van der Waals surface area contributed by atoms with Crippen LogP contribution in [0.1, 0.15) is 24.5 Å². The molecule has 3 N–H and O–H groups in total. The van der Waals surface area contributed by atoms with Crippen molar-refractivity contribution in [3.8, 4) is 5.75 Å². The van der Waals surface area contributed by atoms with Crippen LogP contribution in [0.5, 0.6) is 5.75 Å². The topological polar surface area (TPSA) is 91.8 Å². The lowest BCUT2D eigenvalue weighted by molar-refractivity contribution is 0.313. The summed E-state index contributed by atoms with van der Waals surface area (Å²) in [4.78, 5) is 4.43. The van der Waals surface area contributed by atoms with Crippen molar-refractivity contribution >= 4 is 40.0 Å². The molecule has 0 amide bonds. The molecule has 0 aliphatic carbocycles. The maximum Gasteiger partial charge on any atom is 0.240 e. The Kier molecular flexibility index (Phi) is 11.7. The number of nitrogens with one attached hydrogen (secondary N) is 3. The largest absolute Gasteiger partial charge is 0.493 e. The van der Waals surface area contributed by atoms with Crippen LogP contribution in [0.25, 0.3) is 0 Å². The maximum absolute atomic E-state index is 12.2. The van der Waals surface area contributed by atoms with E-state index in [-0.39, 0.29) is 35.4 Å². The van der Waals surface area contributed by atoms with Crippen LogP contribution in [0.4, 0.5) is 0 Å². The third-order valence-electron chi connectivity index (χ3n) is 4.12. The van der Waals surface area contributed by atoms with Gasteiger partial charge in [0.15, 0.2) is 5.96 Å². The number of guanidine groups is 1. The van der Waals surface area contributed by atoms with Crippen molar-refractivity contribution in [3.63, 3.8) is 0 Å². The lowest BCUT2D eigenvalue weighted by Crippen LogP contribution is -2.41. The summed E-state index contributed by atoms with van der Waals surface area (Å²) in [6, 6.07) is 14.4. The van der Waals surface area contributed by atoms with Gasteiger partial charge in [-0.25, -0.2) is 13.1 Å². The van der Waals surface area contributed by atoms with Gasteiger partial charge in [-0.1, -0.05) is 37.3 Å². The molecule has 0 aliphatic rings. The molecule has 9 heteroatoms. The SMILES string of the molecule is CCCOc1cc(C)ccc1CNC(=NC)NCCNS(=O)(=O)c1ccccc1.I. The Morgan fingerprint density at radius 1 is 1.07 bits per heavy atom. The Hall–Kier alpha value is -1.85. The van der Waals surface area contributed by atoms with Crippen LogP contribution in [0.3, 0.4) is 0 Å². The van der Waals surface area contributed by atoms with E-state index < -0.39 is 10.0 Å². The Balaban J connectivity index is 0.00000450. The van der Waals surface area contributed by atoms with Gasteiger partial charge < -0.3 is 15.4 Å². The number of nitrogens with zero attached hydrogens (tertiary/aromatic N) is 1. The fraction of sp³-hybridized carbons (Fsp3) is 0.381. The van der Waals surface area contributed by atoms with Crippen LogP contribution < -0.4 is 20.1 Å². The minimum atomic E-state index is -3.51. The van der Waals surface area contributed by atoms with Crippen molar-refractivity contribution < 1.29 is 13.2 Å². The number of rotatable bonds is 10. The lowest BCUT2D eigenvalue weighted by Gasteiger charge is -2.15. The Morgan fingerprint density at radius 3 is 2.47 bits per heavy atom. The first-order valence-corrected chi connectivity index (χ1v) is 11.2. The summed E-state index contributed by atoms with van der Waals surface area (Å²) in [6.45, 7) is 5.98. The van der Waals surface area contributed by atoms with Gasteiger partial charge in [0.25, 0.3) is 0 Å². The van der Waals surface area contributed by atoms with Crippen LogP contribution in [-0.2, 0) is 16.6 Å². The highest BCUT2D eigenvalue weighted by molar-refractivity contribution is 14.0. The van der Waals surface area contributed by atoms with E-state index in [2.05, 4.69) is 27.3 Å². The van der Waals surface area contributed by atoms with Gasteiger partial charge in [-0.2, -0.15) is 0 Å². The molecule has 0 aliphatic heterocycles. The first kappa shape index (κ1) is 26.2. The fourth-order valence-corrected chi connectivity index (χ4v) is 3.66. The molecule has 0 spiro atoms. The van der Waals surface area contributed by atoms with E-state index in [0.717, 1.165) is 23.3 Å². The van der Waals surface area contributed by atoms with Gasteiger partial charge in [0.05, 0.1) is 11.5 Å². The summed E-state index contributed by atoms with van der Waals surface area (Å²) in [5.74, 6) is 1.45. The molecule has 2 rings (SSSR count). The van der Waals surface area contributed by atoms with E-state index in [4.69, 9.17) is 4.74 Å². The number of benzene rings is 2. The van der Waals surface area contributed by atoms with Crippen molar-refractivity contribution in [2.24, 2.45) is 4.99 Å². The number of hydrogen-bond donors (Lipinski definition) is 3. The van der Waals surface area contributed by atoms with Crippen molar-refractivity contribution in [2.75, 3.05) is 26.7 Å². The zero-order valence-electron chi connectivity index (χ0n) is 17.6. The smallest absolute Gasteiger partial charge is 0.240 e. The van der Waals surface area contributed by atoms with Crippen LogP contribution in [0, 0.1) is 6.92 Å². The van der Waals surface area contributed by atoms with Gasteiger partial charge >= 0.3 is 0 Å². The Morgan fingerprint density at radius 2 is 1.80 bits per heavy atom. The standard InChI is InChI=1S/C21H30N4O3S.HI/c1-4-14-28-20-15-17(2)10-11-18(20)16-24-21(22-3)23-12-13-25-29(26,27)19-8-6-5-7-9-19;/h5-11,15,25H,4,12-14,16H2,1-3H3,(H2,22,23,24);1H. The molecule has 0 heterocycles. The predicted octanol–water partition coefficient (Wildman–Crippen LogP) is 3.05. The Bertz CT molecular complexity index is 906. The zero-order chi connectivity index (χ0) is 21.1. The second-order valence-corrected chi connectivity index (χ2v) is 8.29.